The van der Waals surface area contributed by atoms with Gasteiger partial charge in [0.2, 0.25) is 0 Å². The van der Waals surface area contributed by atoms with Gasteiger partial charge in [0, 0.05) is 11.5 Å². The van der Waals surface area contributed by atoms with Crippen LogP contribution in [0.2, 0.25) is 0 Å². The Morgan fingerprint density at radius 2 is 1.90 bits per heavy atom. The largest absolute Gasteiger partial charge is 0.493 e. The van der Waals surface area contributed by atoms with E-state index in [4.69, 9.17) is 19.5 Å². The van der Waals surface area contributed by atoms with Gasteiger partial charge in [-0.05, 0) is 19.1 Å². The summed E-state index contributed by atoms with van der Waals surface area (Å²) >= 11 is 0. The van der Waals surface area contributed by atoms with Crippen molar-refractivity contribution in [1.82, 2.24) is 4.57 Å². The first-order chi connectivity index (χ1) is 10.2. The fourth-order valence-electron chi connectivity index (χ4n) is 2.20. The molecule has 0 aliphatic carbocycles. The van der Waals surface area contributed by atoms with Crippen molar-refractivity contribution in [3.05, 3.63) is 23.9 Å². The van der Waals surface area contributed by atoms with E-state index in [0.29, 0.717) is 17.2 Å². The first-order valence-electron chi connectivity index (χ1n) is 6.45. The maximum atomic E-state index is 12.0. The van der Waals surface area contributed by atoms with E-state index >= 15 is 0 Å². The Hall–Kier alpha value is -2.68. The second-order valence-electron chi connectivity index (χ2n) is 4.26. The topological polar surface area (TPSA) is 73.5 Å². The lowest BCUT2D eigenvalue weighted by molar-refractivity contribution is 0.0515. The van der Waals surface area contributed by atoms with Gasteiger partial charge in [-0.15, -0.1) is 0 Å². The molecule has 6 nitrogen and oxygen atoms in total. The number of hydrogen-bond donors (Lipinski definition) is 0. The van der Waals surface area contributed by atoms with Crippen LogP contribution in [-0.4, -0.2) is 31.4 Å². The number of benzene rings is 1. The Kier molecular flexibility index (Phi) is 4.33. The molecule has 0 unspecified atom stereocenters. The third-order valence-electron chi connectivity index (χ3n) is 3.12. The zero-order chi connectivity index (χ0) is 15.4. The average Bonchev–Trinajstić information content (AvgIpc) is 2.84. The molecule has 0 bridgehead atoms. The molecule has 0 amide bonds. The van der Waals surface area contributed by atoms with E-state index in [0.717, 1.165) is 10.9 Å². The van der Waals surface area contributed by atoms with Crippen LogP contribution in [-0.2, 0) is 11.3 Å². The summed E-state index contributed by atoms with van der Waals surface area (Å²) in [7, 11) is 3.08. The van der Waals surface area contributed by atoms with E-state index in [1.807, 2.05) is 6.07 Å². The predicted molar refractivity (Wildman–Crippen MR) is 76.6 cm³/mol. The SMILES string of the molecule is CCOC(=O)c1cc2cc(OC)c(OC)cc2n1CC#N. The molecule has 0 fully saturated rings. The van der Waals surface area contributed by atoms with Crippen LogP contribution < -0.4 is 9.47 Å². The van der Waals surface area contributed by atoms with Gasteiger partial charge in [-0.1, -0.05) is 0 Å². The predicted octanol–water partition coefficient (Wildman–Crippen LogP) is 2.36. The standard InChI is InChI=1S/C15H16N2O4/c1-4-21-15(18)12-7-10-8-13(19-2)14(20-3)9-11(10)17(12)6-5-16/h7-9H,4,6H2,1-3H3. The van der Waals surface area contributed by atoms with Gasteiger partial charge in [-0.25, -0.2) is 4.79 Å². The zero-order valence-corrected chi connectivity index (χ0v) is 12.2. The van der Waals surface area contributed by atoms with Gasteiger partial charge in [0.05, 0.1) is 32.4 Å². The maximum absolute atomic E-state index is 12.0. The van der Waals surface area contributed by atoms with Crippen molar-refractivity contribution in [3.8, 4) is 17.6 Å². The van der Waals surface area contributed by atoms with Crippen LogP contribution in [0.4, 0.5) is 0 Å². The Bertz CT molecular complexity index is 713. The molecule has 0 atom stereocenters. The van der Waals surface area contributed by atoms with E-state index in [1.165, 1.54) is 7.11 Å². The van der Waals surface area contributed by atoms with Crippen molar-refractivity contribution in [2.45, 2.75) is 13.5 Å². The van der Waals surface area contributed by atoms with E-state index < -0.39 is 5.97 Å². The second kappa shape index (κ2) is 6.18. The Balaban J connectivity index is 2.68. The van der Waals surface area contributed by atoms with E-state index in [2.05, 4.69) is 0 Å². The normalized spacial score (nSPS) is 10.2. The monoisotopic (exact) mass is 288 g/mol. The molecule has 1 aromatic carbocycles. The summed E-state index contributed by atoms with van der Waals surface area (Å²) < 4.78 is 17.1. The number of rotatable bonds is 5. The molecule has 1 heterocycles. The molecule has 0 spiro atoms. The maximum Gasteiger partial charge on any atom is 0.355 e. The van der Waals surface area contributed by atoms with E-state index in [9.17, 15) is 4.79 Å². The smallest absolute Gasteiger partial charge is 0.355 e. The first kappa shape index (κ1) is 14.7. The number of methoxy groups -OCH3 is 2. The van der Waals surface area contributed by atoms with Gasteiger partial charge in [0.1, 0.15) is 12.2 Å². The van der Waals surface area contributed by atoms with Crippen molar-refractivity contribution in [2.24, 2.45) is 0 Å². The third-order valence-corrected chi connectivity index (χ3v) is 3.12. The first-order valence-corrected chi connectivity index (χ1v) is 6.45. The highest BCUT2D eigenvalue weighted by atomic mass is 16.5. The number of hydrogen-bond acceptors (Lipinski definition) is 5. The quantitative estimate of drug-likeness (QED) is 0.790. The van der Waals surface area contributed by atoms with Crippen molar-refractivity contribution >= 4 is 16.9 Å². The molecular weight excluding hydrogens is 272 g/mol. The number of aromatic nitrogens is 1. The van der Waals surface area contributed by atoms with Crippen molar-refractivity contribution in [3.63, 3.8) is 0 Å². The summed E-state index contributed by atoms with van der Waals surface area (Å²) in [4.78, 5) is 12.0. The average molecular weight is 288 g/mol. The number of nitriles is 1. The molecule has 6 heteroatoms. The molecule has 21 heavy (non-hydrogen) atoms. The molecule has 0 radical (unpaired) electrons. The van der Waals surface area contributed by atoms with Gasteiger partial charge in [0.25, 0.3) is 0 Å². The summed E-state index contributed by atoms with van der Waals surface area (Å²) in [6.45, 7) is 2.06. The second-order valence-corrected chi connectivity index (χ2v) is 4.26. The Morgan fingerprint density at radius 3 is 2.48 bits per heavy atom. The molecule has 0 aliphatic rings. The highest BCUT2D eigenvalue weighted by molar-refractivity contribution is 5.96. The highest BCUT2D eigenvalue weighted by Crippen LogP contribution is 2.34. The van der Waals surface area contributed by atoms with Crippen LogP contribution in [0.15, 0.2) is 18.2 Å². The number of carbonyl (C=O) groups is 1. The number of carbonyl (C=O) groups excluding carboxylic acids is 1. The molecular formula is C15H16N2O4. The highest BCUT2D eigenvalue weighted by Gasteiger charge is 2.18. The van der Waals surface area contributed by atoms with Gasteiger partial charge >= 0.3 is 5.97 Å². The van der Waals surface area contributed by atoms with Crippen LogP contribution >= 0.6 is 0 Å². The van der Waals surface area contributed by atoms with Crippen LogP contribution in [0, 0.1) is 11.3 Å². The van der Waals surface area contributed by atoms with Crippen molar-refractivity contribution < 1.29 is 19.0 Å². The Labute approximate surface area is 122 Å². The van der Waals surface area contributed by atoms with Gasteiger partial charge in [0.15, 0.2) is 11.5 Å². The number of nitrogens with zero attached hydrogens (tertiary/aromatic N) is 2. The summed E-state index contributed by atoms with van der Waals surface area (Å²) in [5.41, 5.74) is 1.06. The minimum absolute atomic E-state index is 0.0487. The minimum atomic E-state index is -0.457. The van der Waals surface area contributed by atoms with Crippen LogP contribution in [0.5, 0.6) is 11.5 Å². The molecule has 2 rings (SSSR count). The molecule has 110 valence electrons. The van der Waals surface area contributed by atoms with E-state index in [-0.39, 0.29) is 13.2 Å². The summed E-state index contributed by atoms with van der Waals surface area (Å²) in [6.07, 6.45) is 0. The zero-order valence-electron chi connectivity index (χ0n) is 12.2. The van der Waals surface area contributed by atoms with Gasteiger partial charge in [-0.3, -0.25) is 0 Å². The van der Waals surface area contributed by atoms with E-state index in [1.54, 1.807) is 36.8 Å². The minimum Gasteiger partial charge on any atom is -0.493 e. The molecule has 0 N–H and O–H groups in total. The lowest BCUT2D eigenvalue weighted by atomic mass is 10.2. The summed E-state index contributed by atoms with van der Waals surface area (Å²) in [5.74, 6) is 0.647. The fourth-order valence-corrected chi connectivity index (χ4v) is 2.20. The molecule has 0 aliphatic heterocycles. The molecule has 1 aromatic heterocycles. The van der Waals surface area contributed by atoms with Crippen molar-refractivity contribution in [2.75, 3.05) is 20.8 Å². The van der Waals surface area contributed by atoms with Gasteiger partial charge in [-0.2, -0.15) is 5.26 Å². The number of fused-ring (bicyclic) bond motifs is 1. The lowest BCUT2D eigenvalue weighted by Crippen LogP contribution is -2.11. The van der Waals surface area contributed by atoms with Crippen LogP contribution in [0.3, 0.4) is 0 Å². The summed E-state index contributed by atoms with van der Waals surface area (Å²) in [6, 6.07) is 7.25. The van der Waals surface area contributed by atoms with Crippen LogP contribution in [0.25, 0.3) is 10.9 Å². The number of ether oxygens (including phenoxy) is 3. The molecule has 0 saturated carbocycles. The Morgan fingerprint density at radius 1 is 1.24 bits per heavy atom. The fraction of sp³-hybridized carbons (Fsp3) is 0.333. The van der Waals surface area contributed by atoms with Gasteiger partial charge < -0.3 is 18.8 Å². The lowest BCUT2D eigenvalue weighted by Gasteiger charge is -2.09. The summed E-state index contributed by atoms with van der Waals surface area (Å²) in [5, 5.41) is 9.77. The van der Waals surface area contributed by atoms with Crippen molar-refractivity contribution in [1.29, 1.82) is 5.26 Å². The third kappa shape index (κ3) is 2.63. The van der Waals surface area contributed by atoms with Crippen LogP contribution in [0.1, 0.15) is 17.4 Å². The number of esters is 1. The molecule has 0 saturated heterocycles. The molecule has 2 aromatic rings.